The van der Waals surface area contributed by atoms with Crippen molar-refractivity contribution in [2.24, 2.45) is 0 Å². The second-order valence-corrected chi connectivity index (χ2v) is 6.38. The van der Waals surface area contributed by atoms with Gasteiger partial charge in [-0.15, -0.1) is 0 Å². The Bertz CT molecular complexity index is 882. The number of ether oxygens (including phenoxy) is 3. The van der Waals surface area contributed by atoms with Gasteiger partial charge in [-0.3, -0.25) is 0 Å². The first-order chi connectivity index (χ1) is 13.1. The Hall–Kier alpha value is -2.79. The van der Waals surface area contributed by atoms with Crippen LogP contribution in [0.1, 0.15) is 18.1 Å². The Kier molecular flexibility index (Phi) is 6.14. The zero-order valence-electron chi connectivity index (χ0n) is 15.5. The van der Waals surface area contributed by atoms with E-state index >= 15 is 0 Å². The maximum atomic E-state index is 11.5. The van der Waals surface area contributed by atoms with Crippen LogP contribution in [0.2, 0.25) is 0 Å². The smallest absolute Gasteiger partial charge is 0.333 e. The van der Waals surface area contributed by atoms with Gasteiger partial charge in [0.1, 0.15) is 31.3 Å². The molecule has 0 fully saturated rings. The number of carbonyl (C=O) groups excluding carboxylic acids is 1. The van der Waals surface area contributed by atoms with Crippen molar-refractivity contribution < 1.29 is 24.1 Å². The molecule has 0 heterocycles. The number of rotatable bonds is 8. The van der Waals surface area contributed by atoms with Crippen LogP contribution in [0.3, 0.4) is 0 Å². The minimum absolute atomic E-state index is 0.0364. The lowest BCUT2D eigenvalue weighted by Crippen LogP contribution is -2.14. The molecule has 0 unspecified atom stereocenters. The van der Waals surface area contributed by atoms with Gasteiger partial charge in [0.05, 0.1) is 6.61 Å². The van der Waals surface area contributed by atoms with Gasteiger partial charge in [-0.2, -0.15) is 0 Å². The summed E-state index contributed by atoms with van der Waals surface area (Å²) in [5.41, 5.74) is 2.53. The zero-order chi connectivity index (χ0) is 19.2. The lowest BCUT2D eigenvalue weighted by Gasteiger charge is -2.23. The monoisotopic (exact) mass is 368 g/mol. The molecule has 1 aliphatic rings. The van der Waals surface area contributed by atoms with E-state index in [1.54, 1.807) is 6.92 Å². The molecule has 5 nitrogen and oxygen atoms in total. The second-order valence-electron chi connectivity index (χ2n) is 6.38. The van der Waals surface area contributed by atoms with Crippen LogP contribution < -0.4 is 9.47 Å². The summed E-state index contributed by atoms with van der Waals surface area (Å²) in [6.07, 6.45) is 5.72. The van der Waals surface area contributed by atoms with Crippen LogP contribution in [-0.4, -0.2) is 37.5 Å². The second kappa shape index (κ2) is 8.73. The van der Waals surface area contributed by atoms with Gasteiger partial charge in [-0.05, 0) is 19.8 Å². The van der Waals surface area contributed by atoms with Crippen molar-refractivity contribution in [3.05, 3.63) is 59.7 Å². The maximum absolute atomic E-state index is 11.5. The zero-order valence-corrected chi connectivity index (χ0v) is 15.5. The predicted octanol–water partition coefficient (Wildman–Crippen LogP) is 3.36. The van der Waals surface area contributed by atoms with Gasteiger partial charge >= 0.3 is 5.97 Å². The number of aliphatic hydroxyl groups excluding tert-OH is 1. The van der Waals surface area contributed by atoms with Crippen molar-refractivity contribution >= 4 is 16.7 Å². The van der Waals surface area contributed by atoms with E-state index in [4.69, 9.17) is 14.2 Å². The molecule has 0 saturated carbocycles. The van der Waals surface area contributed by atoms with E-state index in [-0.39, 0.29) is 26.4 Å². The molecule has 3 rings (SSSR count). The lowest BCUT2D eigenvalue weighted by molar-refractivity contribution is -0.139. The third-order valence-electron chi connectivity index (χ3n) is 4.39. The van der Waals surface area contributed by atoms with E-state index in [2.05, 4.69) is 18.7 Å². The van der Waals surface area contributed by atoms with Gasteiger partial charge in [0.15, 0.2) is 0 Å². The molecule has 0 bridgehead atoms. The van der Waals surface area contributed by atoms with E-state index in [1.165, 1.54) is 0 Å². The molecule has 142 valence electrons. The number of benzene rings is 2. The number of hydrogen-bond acceptors (Lipinski definition) is 5. The van der Waals surface area contributed by atoms with Gasteiger partial charge < -0.3 is 19.3 Å². The fourth-order valence-electron chi connectivity index (χ4n) is 3.19. The van der Waals surface area contributed by atoms with Crippen LogP contribution in [0.15, 0.2) is 48.6 Å². The highest BCUT2D eigenvalue weighted by Crippen LogP contribution is 2.43. The van der Waals surface area contributed by atoms with Crippen molar-refractivity contribution in [3.8, 4) is 11.5 Å². The lowest BCUT2D eigenvalue weighted by atomic mass is 9.90. The Morgan fingerprint density at radius 1 is 1.00 bits per heavy atom. The van der Waals surface area contributed by atoms with E-state index in [0.717, 1.165) is 46.2 Å². The van der Waals surface area contributed by atoms with Gasteiger partial charge in [-0.25, -0.2) is 4.79 Å². The standard InChI is InChI=1S/C22H24O5/c1-15(2)22(24)27-14-13-26-21-18-9-5-3-7-16(18)20(25-12-11-23)17-8-4-6-10-19(17)21/h3-7,9,23H,1,8,10-14H2,2H3. The van der Waals surface area contributed by atoms with E-state index in [9.17, 15) is 9.90 Å². The Balaban J connectivity index is 1.93. The molecule has 2 aromatic carbocycles. The quantitative estimate of drug-likeness (QED) is 0.335. The molecular formula is C22H24O5. The normalized spacial score (nSPS) is 12.5. The van der Waals surface area contributed by atoms with Gasteiger partial charge in [0.25, 0.3) is 0 Å². The van der Waals surface area contributed by atoms with Crippen LogP contribution >= 0.6 is 0 Å². The number of allylic oxidation sites excluding steroid dienone is 2. The van der Waals surface area contributed by atoms with Crippen molar-refractivity contribution in [2.45, 2.75) is 19.8 Å². The summed E-state index contributed by atoms with van der Waals surface area (Å²) in [7, 11) is 0. The summed E-state index contributed by atoms with van der Waals surface area (Å²) in [6.45, 7) is 5.82. The van der Waals surface area contributed by atoms with Gasteiger partial charge in [0, 0.05) is 27.5 Å². The fraction of sp³-hybridized carbons (Fsp3) is 0.318. The van der Waals surface area contributed by atoms with Crippen molar-refractivity contribution in [3.63, 3.8) is 0 Å². The first-order valence-electron chi connectivity index (χ1n) is 9.04. The van der Waals surface area contributed by atoms with E-state index in [0.29, 0.717) is 5.57 Å². The molecule has 0 saturated heterocycles. The SMILES string of the molecule is C=C(C)C(=O)OCCOc1c2c(c(OCCO)c3ccccc13)CC=CC2. The largest absolute Gasteiger partial charge is 0.490 e. The Labute approximate surface area is 158 Å². The van der Waals surface area contributed by atoms with Crippen molar-refractivity contribution in [1.29, 1.82) is 0 Å². The predicted molar refractivity (Wildman–Crippen MR) is 104 cm³/mol. The van der Waals surface area contributed by atoms with Crippen LogP contribution in [0, 0.1) is 0 Å². The highest BCUT2D eigenvalue weighted by Gasteiger charge is 2.22. The van der Waals surface area contributed by atoms with Crippen LogP contribution in [0.5, 0.6) is 11.5 Å². The van der Waals surface area contributed by atoms with E-state index in [1.807, 2.05) is 24.3 Å². The minimum atomic E-state index is -0.416. The third-order valence-corrected chi connectivity index (χ3v) is 4.39. The first-order valence-corrected chi connectivity index (χ1v) is 9.04. The molecule has 0 spiro atoms. The highest BCUT2D eigenvalue weighted by atomic mass is 16.6. The Morgan fingerprint density at radius 3 is 2.07 bits per heavy atom. The molecule has 27 heavy (non-hydrogen) atoms. The molecule has 0 amide bonds. The number of esters is 1. The summed E-state index contributed by atoms with van der Waals surface area (Å²) < 4.78 is 17.1. The molecule has 2 aromatic rings. The highest BCUT2D eigenvalue weighted by molar-refractivity contribution is 5.96. The number of hydrogen-bond donors (Lipinski definition) is 1. The summed E-state index contributed by atoms with van der Waals surface area (Å²) in [5.74, 6) is 1.19. The molecule has 0 atom stereocenters. The summed E-state index contributed by atoms with van der Waals surface area (Å²) in [5, 5.41) is 11.1. The van der Waals surface area contributed by atoms with Crippen molar-refractivity contribution in [1.82, 2.24) is 0 Å². The van der Waals surface area contributed by atoms with Gasteiger partial charge in [-0.1, -0.05) is 43.0 Å². The molecule has 1 N–H and O–H groups in total. The van der Waals surface area contributed by atoms with E-state index < -0.39 is 5.97 Å². The fourth-order valence-corrected chi connectivity index (χ4v) is 3.19. The van der Waals surface area contributed by atoms with Crippen LogP contribution in [0.4, 0.5) is 0 Å². The first kappa shape index (κ1) is 19.0. The summed E-state index contributed by atoms with van der Waals surface area (Å²) in [6, 6.07) is 7.90. The summed E-state index contributed by atoms with van der Waals surface area (Å²) in [4.78, 5) is 11.5. The minimum Gasteiger partial charge on any atom is -0.490 e. The summed E-state index contributed by atoms with van der Waals surface area (Å²) >= 11 is 0. The van der Waals surface area contributed by atoms with Crippen LogP contribution in [-0.2, 0) is 22.4 Å². The van der Waals surface area contributed by atoms with Crippen LogP contribution in [0.25, 0.3) is 10.8 Å². The number of aliphatic hydroxyl groups is 1. The molecule has 0 aliphatic heterocycles. The average Bonchev–Trinajstić information content (AvgIpc) is 2.69. The number of carbonyl (C=O) groups is 1. The Morgan fingerprint density at radius 2 is 1.56 bits per heavy atom. The molecular weight excluding hydrogens is 344 g/mol. The topological polar surface area (TPSA) is 65.0 Å². The molecule has 5 heteroatoms. The average molecular weight is 368 g/mol. The third kappa shape index (κ3) is 4.14. The molecule has 1 aliphatic carbocycles. The van der Waals surface area contributed by atoms with Crippen molar-refractivity contribution in [2.75, 3.05) is 26.4 Å². The molecule has 0 radical (unpaired) electrons. The van der Waals surface area contributed by atoms with Gasteiger partial charge in [0.2, 0.25) is 0 Å². The number of fused-ring (bicyclic) bond motifs is 2. The maximum Gasteiger partial charge on any atom is 0.333 e. The molecule has 0 aromatic heterocycles.